The Morgan fingerprint density at radius 1 is 1.38 bits per heavy atom. The Morgan fingerprint density at radius 3 is 2.96 bits per heavy atom. The van der Waals surface area contributed by atoms with Crippen molar-refractivity contribution in [2.45, 2.75) is 19.4 Å². The molecule has 0 spiro atoms. The lowest BCUT2D eigenvalue weighted by Gasteiger charge is -2.09. The van der Waals surface area contributed by atoms with Crippen molar-refractivity contribution in [3.63, 3.8) is 0 Å². The molecule has 1 aliphatic rings. The first-order valence-electron chi connectivity index (χ1n) is 7.66. The molecular weight excluding hydrogens is 308 g/mol. The monoisotopic (exact) mass is 324 g/mol. The Kier molecular flexibility index (Phi) is 3.19. The van der Waals surface area contributed by atoms with Crippen LogP contribution in [-0.4, -0.2) is 34.3 Å². The van der Waals surface area contributed by atoms with Gasteiger partial charge in [0.05, 0.1) is 29.3 Å². The Morgan fingerprint density at radius 2 is 2.21 bits per heavy atom. The molecule has 122 valence electrons. The number of carbonyl (C=O) groups is 1. The molecule has 1 aliphatic heterocycles. The van der Waals surface area contributed by atoms with Gasteiger partial charge in [-0.2, -0.15) is 0 Å². The molecule has 0 aliphatic carbocycles. The van der Waals surface area contributed by atoms with Crippen molar-refractivity contribution in [1.29, 1.82) is 0 Å². The average Bonchev–Trinajstić information content (AvgIpc) is 3.13. The first-order chi connectivity index (χ1) is 11.5. The fraction of sp³-hybridized carbons (Fsp3) is 0.222. The van der Waals surface area contributed by atoms with Crippen molar-refractivity contribution in [3.8, 4) is 22.9 Å². The Labute approximate surface area is 138 Å². The molecule has 1 atom stereocenters. The van der Waals surface area contributed by atoms with E-state index in [-0.39, 0.29) is 11.7 Å². The summed E-state index contributed by atoms with van der Waals surface area (Å²) < 4.78 is 11.3. The van der Waals surface area contributed by atoms with Gasteiger partial charge in [0.15, 0.2) is 0 Å². The Hall–Kier alpha value is -3.02. The number of hydrogen-bond donors (Lipinski definition) is 2. The molecule has 0 radical (unpaired) electrons. The number of aromatic carboxylic acids is 1. The van der Waals surface area contributed by atoms with Gasteiger partial charge in [0.25, 0.3) is 0 Å². The van der Waals surface area contributed by atoms with E-state index < -0.39 is 5.97 Å². The van der Waals surface area contributed by atoms with Crippen LogP contribution in [0.1, 0.15) is 22.8 Å². The van der Waals surface area contributed by atoms with Gasteiger partial charge in [-0.05, 0) is 37.3 Å². The molecule has 0 saturated carbocycles. The number of imidazole rings is 1. The molecule has 0 bridgehead atoms. The smallest absolute Gasteiger partial charge is 0.335 e. The normalized spacial score (nSPS) is 16.0. The number of hydrogen-bond acceptors (Lipinski definition) is 4. The van der Waals surface area contributed by atoms with E-state index in [0.29, 0.717) is 22.6 Å². The zero-order chi connectivity index (χ0) is 16.8. The van der Waals surface area contributed by atoms with Crippen molar-refractivity contribution in [2.75, 3.05) is 7.11 Å². The lowest BCUT2D eigenvalue weighted by Crippen LogP contribution is -2.05. The van der Waals surface area contributed by atoms with Crippen LogP contribution in [0.25, 0.3) is 22.4 Å². The molecule has 3 aromatic rings. The summed E-state index contributed by atoms with van der Waals surface area (Å²) >= 11 is 0. The van der Waals surface area contributed by atoms with Gasteiger partial charge in [0.2, 0.25) is 0 Å². The summed E-state index contributed by atoms with van der Waals surface area (Å²) in [6, 6.07) is 8.71. The number of ether oxygens (including phenoxy) is 2. The summed E-state index contributed by atoms with van der Waals surface area (Å²) in [6.45, 7) is 2.03. The number of carboxylic acid groups (broad SMARTS) is 1. The molecule has 0 saturated heterocycles. The summed E-state index contributed by atoms with van der Waals surface area (Å²) in [5.41, 5.74) is 3.50. The van der Waals surface area contributed by atoms with Gasteiger partial charge < -0.3 is 19.6 Å². The SMILES string of the molecule is COc1cc2c(cc1-c1nc3ccc(C(=O)O)cc3[nH]1)OC(C)C2. The van der Waals surface area contributed by atoms with Gasteiger partial charge in [-0.3, -0.25) is 0 Å². The summed E-state index contributed by atoms with van der Waals surface area (Å²) in [5, 5.41) is 9.11. The largest absolute Gasteiger partial charge is 0.496 e. The number of aromatic amines is 1. The predicted octanol–water partition coefficient (Wildman–Crippen LogP) is 3.26. The fourth-order valence-corrected chi connectivity index (χ4v) is 3.06. The van der Waals surface area contributed by atoms with Crippen LogP contribution < -0.4 is 9.47 Å². The molecule has 0 amide bonds. The Bertz CT molecular complexity index is 961. The number of fused-ring (bicyclic) bond motifs is 2. The van der Waals surface area contributed by atoms with E-state index in [1.807, 2.05) is 19.1 Å². The van der Waals surface area contributed by atoms with Crippen LogP contribution in [0.15, 0.2) is 30.3 Å². The molecule has 0 fully saturated rings. The topological polar surface area (TPSA) is 84.4 Å². The minimum absolute atomic E-state index is 0.147. The number of nitrogens with zero attached hydrogens (tertiary/aromatic N) is 1. The summed E-state index contributed by atoms with van der Waals surface area (Å²) in [5.74, 6) is 1.20. The Balaban J connectivity index is 1.85. The quantitative estimate of drug-likeness (QED) is 0.772. The van der Waals surface area contributed by atoms with E-state index >= 15 is 0 Å². The van der Waals surface area contributed by atoms with Gasteiger partial charge in [-0.25, -0.2) is 9.78 Å². The second-order valence-corrected chi connectivity index (χ2v) is 5.92. The van der Waals surface area contributed by atoms with Crippen LogP contribution in [0, 0.1) is 0 Å². The number of methoxy groups -OCH3 is 1. The third-order valence-electron chi connectivity index (χ3n) is 4.20. The number of carboxylic acids is 1. The van der Waals surface area contributed by atoms with Crippen molar-refractivity contribution in [2.24, 2.45) is 0 Å². The zero-order valence-corrected chi connectivity index (χ0v) is 13.3. The minimum Gasteiger partial charge on any atom is -0.496 e. The predicted molar refractivity (Wildman–Crippen MR) is 88.8 cm³/mol. The van der Waals surface area contributed by atoms with E-state index in [9.17, 15) is 4.79 Å². The molecule has 24 heavy (non-hydrogen) atoms. The van der Waals surface area contributed by atoms with Gasteiger partial charge in [-0.15, -0.1) is 0 Å². The second-order valence-electron chi connectivity index (χ2n) is 5.92. The highest BCUT2D eigenvalue weighted by molar-refractivity contribution is 5.93. The molecule has 2 N–H and O–H groups in total. The summed E-state index contributed by atoms with van der Waals surface area (Å²) in [4.78, 5) is 18.8. The molecule has 4 rings (SSSR count). The van der Waals surface area contributed by atoms with Crippen molar-refractivity contribution >= 4 is 17.0 Å². The lowest BCUT2D eigenvalue weighted by molar-refractivity contribution is 0.0697. The maximum absolute atomic E-state index is 11.1. The first kappa shape index (κ1) is 14.6. The van der Waals surface area contributed by atoms with Crippen molar-refractivity contribution in [1.82, 2.24) is 9.97 Å². The number of rotatable bonds is 3. The highest BCUT2D eigenvalue weighted by Crippen LogP contribution is 2.39. The van der Waals surface area contributed by atoms with Gasteiger partial charge in [0.1, 0.15) is 23.4 Å². The van der Waals surface area contributed by atoms with Crippen molar-refractivity contribution in [3.05, 3.63) is 41.5 Å². The molecule has 1 unspecified atom stereocenters. The van der Waals surface area contributed by atoms with Crippen molar-refractivity contribution < 1.29 is 19.4 Å². The summed E-state index contributed by atoms with van der Waals surface area (Å²) in [6.07, 6.45) is 1.00. The van der Waals surface area contributed by atoms with E-state index in [4.69, 9.17) is 14.6 Å². The summed E-state index contributed by atoms with van der Waals surface area (Å²) in [7, 11) is 1.62. The van der Waals surface area contributed by atoms with E-state index in [1.54, 1.807) is 25.3 Å². The third-order valence-corrected chi connectivity index (χ3v) is 4.20. The molecule has 6 heteroatoms. The number of H-pyrrole nitrogens is 1. The second kappa shape index (κ2) is 5.26. The van der Waals surface area contributed by atoms with Crippen LogP contribution in [-0.2, 0) is 6.42 Å². The van der Waals surface area contributed by atoms with Crippen LogP contribution in [0.3, 0.4) is 0 Å². The van der Waals surface area contributed by atoms with Crippen LogP contribution in [0.4, 0.5) is 0 Å². The van der Waals surface area contributed by atoms with Gasteiger partial charge in [0, 0.05) is 12.0 Å². The standard InChI is InChI=1S/C18H16N2O4/c1-9-5-11-7-16(23-2)12(8-15(11)24-9)17-19-13-4-3-10(18(21)22)6-14(13)20-17/h3-4,6-9H,5H2,1-2H3,(H,19,20)(H,21,22). The first-order valence-corrected chi connectivity index (χ1v) is 7.66. The highest BCUT2D eigenvalue weighted by Gasteiger charge is 2.23. The zero-order valence-electron chi connectivity index (χ0n) is 13.3. The average molecular weight is 324 g/mol. The molecule has 2 aromatic carbocycles. The van der Waals surface area contributed by atoms with Gasteiger partial charge in [-0.1, -0.05) is 0 Å². The number of benzene rings is 2. The lowest BCUT2D eigenvalue weighted by atomic mass is 10.1. The third kappa shape index (κ3) is 2.27. The fourth-order valence-electron chi connectivity index (χ4n) is 3.06. The number of aromatic nitrogens is 2. The molecular formula is C18H16N2O4. The maximum Gasteiger partial charge on any atom is 0.335 e. The van der Waals surface area contributed by atoms with E-state index in [1.165, 1.54) is 0 Å². The van der Waals surface area contributed by atoms with Gasteiger partial charge >= 0.3 is 5.97 Å². The van der Waals surface area contributed by atoms with Crippen LogP contribution in [0.2, 0.25) is 0 Å². The van der Waals surface area contributed by atoms with Crippen LogP contribution >= 0.6 is 0 Å². The molecule has 2 heterocycles. The highest BCUT2D eigenvalue weighted by atomic mass is 16.5. The number of nitrogens with one attached hydrogen (secondary N) is 1. The van der Waals surface area contributed by atoms with Crippen LogP contribution in [0.5, 0.6) is 11.5 Å². The molecule has 6 nitrogen and oxygen atoms in total. The van der Waals surface area contributed by atoms with E-state index in [2.05, 4.69) is 9.97 Å². The molecule has 1 aromatic heterocycles. The maximum atomic E-state index is 11.1. The van der Waals surface area contributed by atoms with E-state index in [0.717, 1.165) is 23.3 Å². The minimum atomic E-state index is -0.967.